The minimum absolute atomic E-state index is 0.0143. The van der Waals surface area contributed by atoms with E-state index in [2.05, 4.69) is 24.1 Å². The third-order valence-corrected chi connectivity index (χ3v) is 7.59. The van der Waals surface area contributed by atoms with Gasteiger partial charge in [-0.1, -0.05) is 26.3 Å². The van der Waals surface area contributed by atoms with E-state index in [0.717, 1.165) is 12.1 Å². The zero-order chi connectivity index (χ0) is 17.9. The molecule has 0 radical (unpaired) electrons. The number of rotatable bonds is 4. The third kappa shape index (κ3) is 2.23. The average Bonchev–Trinajstić information content (AvgIpc) is 3.30. The first-order chi connectivity index (χ1) is 12.6. The molecule has 1 aromatic heterocycles. The van der Waals surface area contributed by atoms with Crippen LogP contribution in [0.4, 0.5) is 0 Å². The standard InChI is InChI=1S/C21H28N2O3/c1-13-6-5-8-20(2)10-16-17(18-21(13,20)26-18)15(19(24)25-16)12-22-11-14-7-3-4-9-23-14/h3-4,7,9,13,15-18,22H,5-6,8,10-12H2,1-2H3. The zero-order valence-corrected chi connectivity index (χ0v) is 15.6. The number of nitrogens with one attached hydrogen (secondary N) is 1. The lowest BCUT2D eigenvalue weighted by Gasteiger charge is -2.48. The Bertz CT molecular complexity index is 710. The van der Waals surface area contributed by atoms with E-state index in [-0.39, 0.29) is 41.0 Å². The molecule has 2 aliphatic heterocycles. The largest absolute Gasteiger partial charge is 0.462 e. The van der Waals surface area contributed by atoms with Crippen LogP contribution in [-0.2, 0) is 20.8 Å². The Morgan fingerprint density at radius 3 is 3.08 bits per heavy atom. The van der Waals surface area contributed by atoms with E-state index in [1.807, 2.05) is 18.2 Å². The Labute approximate surface area is 154 Å². The highest BCUT2D eigenvalue weighted by Gasteiger charge is 2.78. The van der Waals surface area contributed by atoms with Crippen LogP contribution in [0.15, 0.2) is 24.4 Å². The highest BCUT2D eigenvalue weighted by atomic mass is 16.6. The number of fused-ring (bicyclic) bond motifs is 2. The van der Waals surface area contributed by atoms with Crippen LogP contribution in [0.25, 0.3) is 0 Å². The predicted octanol–water partition coefficient (Wildman–Crippen LogP) is 2.70. The van der Waals surface area contributed by atoms with Crippen molar-refractivity contribution in [1.82, 2.24) is 10.3 Å². The lowest BCUT2D eigenvalue weighted by molar-refractivity contribution is -0.146. The second-order valence-corrected chi connectivity index (χ2v) is 9.00. The molecule has 5 rings (SSSR count). The van der Waals surface area contributed by atoms with Gasteiger partial charge in [-0.25, -0.2) is 0 Å². The fourth-order valence-corrected chi connectivity index (χ4v) is 6.32. The van der Waals surface area contributed by atoms with Crippen LogP contribution in [0.3, 0.4) is 0 Å². The van der Waals surface area contributed by atoms with Crippen LogP contribution in [0.2, 0.25) is 0 Å². The van der Waals surface area contributed by atoms with Crippen molar-refractivity contribution in [2.45, 2.75) is 63.9 Å². The molecule has 5 heteroatoms. The smallest absolute Gasteiger partial charge is 0.311 e. The molecule has 7 unspecified atom stereocenters. The first-order valence-electron chi connectivity index (χ1n) is 10.0. The van der Waals surface area contributed by atoms with Gasteiger partial charge in [-0.15, -0.1) is 0 Å². The van der Waals surface area contributed by atoms with Crippen molar-refractivity contribution in [2.75, 3.05) is 6.54 Å². The maximum Gasteiger partial charge on any atom is 0.311 e. The number of epoxide rings is 1. The molecular formula is C21H28N2O3. The molecule has 5 nitrogen and oxygen atoms in total. The summed E-state index contributed by atoms with van der Waals surface area (Å²) < 4.78 is 12.3. The van der Waals surface area contributed by atoms with Gasteiger partial charge in [0.2, 0.25) is 0 Å². The Hall–Kier alpha value is -1.46. The summed E-state index contributed by atoms with van der Waals surface area (Å²) in [5.41, 5.74) is 1.14. The molecule has 2 aliphatic carbocycles. The predicted molar refractivity (Wildman–Crippen MR) is 96.1 cm³/mol. The number of hydrogen-bond donors (Lipinski definition) is 1. The van der Waals surface area contributed by atoms with E-state index in [1.165, 1.54) is 19.3 Å². The van der Waals surface area contributed by atoms with Crippen LogP contribution in [0.5, 0.6) is 0 Å². The quantitative estimate of drug-likeness (QED) is 0.664. The van der Waals surface area contributed by atoms with Crippen molar-refractivity contribution < 1.29 is 14.3 Å². The lowest BCUT2D eigenvalue weighted by Crippen LogP contribution is -2.54. The number of pyridine rings is 1. The molecule has 26 heavy (non-hydrogen) atoms. The van der Waals surface area contributed by atoms with Crippen molar-refractivity contribution in [3.63, 3.8) is 0 Å². The van der Waals surface area contributed by atoms with E-state index in [4.69, 9.17) is 9.47 Å². The van der Waals surface area contributed by atoms with Gasteiger partial charge in [0.05, 0.1) is 17.7 Å². The average molecular weight is 356 g/mol. The minimum atomic E-state index is -0.105. The van der Waals surface area contributed by atoms with Crippen LogP contribution < -0.4 is 5.32 Å². The molecule has 2 saturated heterocycles. The second-order valence-electron chi connectivity index (χ2n) is 9.00. The van der Waals surface area contributed by atoms with Gasteiger partial charge in [-0.05, 0) is 37.3 Å². The molecule has 1 aromatic rings. The third-order valence-electron chi connectivity index (χ3n) is 7.59. The van der Waals surface area contributed by atoms with Gasteiger partial charge in [0, 0.05) is 30.6 Å². The molecule has 3 heterocycles. The van der Waals surface area contributed by atoms with E-state index in [0.29, 0.717) is 19.0 Å². The van der Waals surface area contributed by atoms with Gasteiger partial charge in [0.25, 0.3) is 0 Å². The summed E-state index contributed by atoms with van der Waals surface area (Å²) in [5, 5.41) is 3.42. The summed E-state index contributed by atoms with van der Waals surface area (Å²) in [7, 11) is 0. The summed E-state index contributed by atoms with van der Waals surface area (Å²) in [4.78, 5) is 16.9. The zero-order valence-electron chi connectivity index (χ0n) is 15.6. The summed E-state index contributed by atoms with van der Waals surface area (Å²) in [6.45, 7) is 6.01. The number of carbonyl (C=O) groups is 1. The van der Waals surface area contributed by atoms with Gasteiger partial charge in [0.1, 0.15) is 11.7 Å². The first kappa shape index (κ1) is 16.7. The van der Waals surface area contributed by atoms with Gasteiger partial charge < -0.3 is 14.8 Å². The first-order valence-corrected chi connectivity index (χ1v) is 10.0. The van der Waals surface area contributed by atoms with Crippen LogP contribution in [-0.4, -0.2) is 35.3 Å². The normalized spacial score (nSPS) is 46.1. The number of aromatic nitrogens is 1. The van der Waals surface area contributed by atoms with Crippen LogP contribution in [0.1, 0.15) is 45.2 Å². The molecule has 1 N–H and O–H groups in total. The van der Waals surface area contributed by atoms with E-state index in [1.54, 1.807) is 6.20 Å². The highest BCUT2D eigenvalue weighted by Crippen LogP contribution is 2.70. The molecule has 4 aliphatic rings. The van der Waals surface area contributed by atoms with Crippen molar-refractivity contribution in [3.8, 4) is 0 Å². The van der Waals surface area contributed by atoms with Gasteiger partial charge in [0.15, 0.2) is 0 Å². The lowest BCUT2D eigenvalue weighted by atomic mass is 9.53. The minimum Gasteiger partial charge on any atom is -0.462 e. The number of ether oxygens (including phenoxy) is 2. The SMILES string of the molecule is CC1CCCC2(C)CC3OC(=O)C(CNCc4ccccn4)C3C3OC132. The van der Waals surface area contributed by atoms with Crippen molar-refractivity contribution in [3.05, 3.63) is 30.1 Å². The molecule has 0 aromatic carbocycles. The fraction of sp³-hybridized carbons (Fsp3) is 0.714. The summed E-state index contributed by atoms with van der Waals surface area (Å²) in [6.07, 6.45) is 6.66. The van der Waals surface area contributed by atoms with Crippen molar-refractivity contribution in [1.29, 1.82) is 0 Å². The molecule has 7 atom stereocenters. The number of esters is 1. The molecule has 140 valence electrons. The number of carbonyl (C=O) groups excluding carboxylic acids is 1. The molecule has 4 fully saturated rings. The van der Waals surface area contributed by atoms with E-state index < -0.39 is 0 Å². The van der Waals surface area contributed by atoms with Crippen molar-refractivity contribution >= 4 is 5.97 Å². The maximum absolute atomic E-state index is 12.6. The molecule has 0 amide bonds. The topological polar surface area (TPSA) is 63.8 Å². The van der Waals surface area contributed by atoms with Crippen LogP contribution >= 0.6 is 0 Å². The Kier molecular flexibility index (Phi) is 3.70. The van der Waals surface area contributed by atoms with Gasteiger partial charge in [-0.2, -0.15) is 0 Å². The van der Waals surface area contributed by atoms with E-state index >= 15 is 0 Å². The highest BCUT2D eigenvalue weighted by molar-refractivity contribution is 5.76. The Morgan fingerprint density at radius 1 is 1.38 bits per heavy atom. The summed E-state index contributed by atoms with van der Waals surface area (Å²) in [5.74, 6) is 0.623. The van der Waals surface area contributed by atoms with Gasteiger partial charge >= 0.3 is 5.97 Å². The summed E-state index contributed by atoms with van der Waals surface area (Å²) in [6, 6.07) is 5.90. The van der Waals surface area contributed by atoms with Crippen LogP contribution in [0, 0.1) is 23.2 Å². The number of hydrogen-bond acceptors (Lipinski definition) is 5. The fourth-order valence-electron chi connectivity index (χ4n) is 6.32. The Morgan fingerprint density at radius 2 is 2.27 bits per heavy atom. The molecular weight excluding hydrogens is 328 g/mol. The second kappa shape index (κ2) is 5.77. The van der Waals surface area contributed by atoms with Gasteiger partial charge in [-0.3, -0.25) is 9.78 Å². The molecule has 1 spiro atoms. The summed E-state index contributed by atoms with van der Waals surface area (Å²) >= 11 is 0. The molecule has 2 saturated carbocycles. The Balaban J connectivity index is 1.32. The maximum atomic E-state index is 12.6. The molecule has 0 bridgehead atoms. The number of nitrogens with zero attached hydrogens (tertiary/aromatic N) is 1. The van der Waals surface area contributed by atoms with Crippen molar-refractivity contribution in [2.24, 2.45) is 23.2 Å². The monoisotopic (exact) mass is 356 g/mol. The van der Waals surface area contributed by atoms with E-state index in [9.17, 15) is 4.79 Å².